The topological polar surface area (TPSA) is 30.5 Å². The van der Waals surface area contributed by atoms with Crippen molar-refractivity contribution in [2.45, 2.75) is 31.9 Å². The van der Waals surface area contributed by atoms with Gasteiger partial charge >= 0.3 is 0 Å². The summed E-state index contributed by atoms with van der Waals surface area (Å²) in [6, 6.07) is 8.52. The van der Waals surface area contributed by atoms with Gasteiger partial charge in [-0.1, -0.05) is 12.1 Å². The summed E-state index contributed by atoms with van der Waals surface area (Å²) < 4.78 is 10.8. The number of ether oxygens (including phenoxy) is 2. The van der Waals surface area contributed by atoms with E-state index >= 15 is 0 Å². The number of hydrogen-bond donors (Lipinski definition) is 1. The highest BCUT2D eigenvalue weighted by Gasteiger charge is 2.16. The molecule has 2 rings (SSSR count). The maximum Gasteiger partial charge on any atom is 0.119 e. The van der Waals surface area contributed by atoms with E-state index in [1.54, 1.807) is 7.11 Å². The minimum atomic E-state index is 0.328. The summed E-state index contributed by atoms with van der Waals surface area (Å²) in [6.07, 6.45) is 2.76. The number of benzene rings is 1. The van der Waals surface area contributed by atoms with E-state index in [2.05, 4.69) is 24.4 Å². The zero-order valence-electron chi connectivity index (χ0n) is 10.6. The van der Waals surface area contributed by atoms with Crippen LogP contribution in [0.2, 0.25) is 0 Å². The molecule has 94 valence electrons. The van der Waals surface area contributed by atoms with Gasteiger partial charge in [0, 0.05) is 19.2 Å². The second kappa shape index (κ2) is 6.03. The highest BCUT2D eigenvalue weighted by Crippen LogP contribution is 2.19. The first-order valence-corrected chi connectivity index (χ1v) is 6.28. The van der Waals surface area contributed by atoms with Gasteiger partial charge in [-0.2, -0.15) is 0 Å². The molecule has 1 aliphatic heterocycles. The van der Waals surface area contributed by atoms with Gasteiger partial charge in [-0.05, 0) is 37.5 Å². The van der Waals surface area contributed by atoms with Crippen LogP contribution < -0.4 is 10.1 Å². The van der Waals surface area contributed by atoms with Gasteiger partial charge in [0.25, 0.3) is 0 Å². The molecule has 0 bridgehead atoms. The van der Waals surface area contributed by atoms with Gasteiger partial charge in [0.05, 0.1) is 13.2 Å². The van der Waals surface area contributed by atoms with E-state index in [0.717, 1.165) is 18.9 Å². The standard InChI is InChI=1S/C14H21NO2/c1-11(15-10-14-7-4-8-17-14)12-5-3-6-13(9-12)16-2/h3,5-6,9,11,14-15H,4,7-8,10H2,1-2H3/t11-,14?/m0/s1. The lowest BCUT2D eigenvalue weighted by Crippen LogP contribution is -2.28. The quantitative estimate of drug-likeness (QED) is 0.850. The summed E-state index contributed by atoms with van der Waals surface area (Å²) in [5, 5.41) is 3.51. The van der Waals surface area contributed by atoms with E-state index in [4.69, 9.17) is 9.47 Å². The number of methoxy groups -OCH3 is 1. The molecule has 1 aromatic carbocycles. The van der Waals surface area contributed by atoms with Gasteiger partial charge in [0.1, 0.15) is 5.75 Å². The van der Waals surface area contributed by atoms with Crippen molar-refractivity contribution in [3.8, 4) is 5.75 Å². The van der Waals surface area contributed by atoms with Gasteiger partial charge < -0.3 is 14.8 Å². The third kappa shape index (κ3) is 3.45. The molecule has 2 atom stereocenters. The van der Waals surface area contributed by atoms with Crippen LogP contribution in [0.15, 0.2) is 24.3 Å². The van der Waals surface area contributed by atoms with Gasteiger partial charge in [0.15, 0.2) is 0 Å². The Morgan fingerprint density at radius 2 is 2.41 bits per heavy atom. The lowest BCUT2D eigenvalue weighted by atomic mass is 10.1. The summed E-state index contributed by atoms with van der Waals surface area (Å²) in [5.41, 5.74) is 1.25. The van der Waals surface area contributed by atoms with E-state index in [1.807, 2.05) is 12.1 Å². The maximum absolute atomic E-state index is 5.60. The van der Waals surface area contributed by atoms with Crippen molar-refractivity contribution < 1.29 is 9.47 Å². The zero-order valence-corrected chi connectivity index (χ0v) is 10.6. The van der Waals surface area contributed by atoms with Gasteiger partial charge in [-0.3, -0.25) is 0 Å². The Labute approximate surface area is 103 Å². The first kappa shape index (κ1) is 12.4. The molecule has 0 saturated carbocycles. The molecule has 0 spiro atoms. The molecule has 0 aliphatic carbocycles. The monoisotopic (exact) mass is 235 g/mol. The number of hydrogen-bond acceptors (Lipinski definition) is 3. The smallest absolute Gasteiger partial charge is 0.119 e. The molecule has 0 amide bonds. The Morgan fingerprint density at radius 1 is 1.53 bits per heavy atom. The third-order valence-corrected chi connectivity index (χ3v) is 3.27. The molecule has 0 radical (unpaired) electrons. The van der Waals surface area contributed by atoms with Crippen LogP contribution in [0, 0.1) is 0 Å². The molecule has 17 heavy (non-hydrogen) atoms. The first-order valence-electron chi connectivity index (χ1n) is 6.28. The molecule has 1 aromatic rings. The number of nitrogens with one attached hydrogen (secondary N) is 1. The van der Waals surface area contributed by atoms with Crippen LogP contribution in [-0.2, 0) is 4.74 Å². The first-order chi connectivity index (χ1) is 8.29. The summed E-state index contributed by atoms with van der Waals surface area (Å²) in [7, 11) is 1.70. The van der Waals surface area contributed by atoms with Crippen LogP contribution in [0.1, 0.15) is 31.4 Å². The van der Waals surface area contributed by atoms with Crippen molar-refractivity contribution in [3.05, 3.63) is 29.8 Å². The Balaban J connectivity index is 1.87. The maximum atomic E-state index is 5.60. The lowest BCUT2D eigenvalue weighted by Gasteiger charge is -2.17. The molecule has 1 unspecified atom stereocenters. The Hall–Kier alpha value is -1.06. The minimum absolute atomic E-state index is 0.328. The van der Waals surface area contributed by atoms with E-state index in [0.29, 0.717) is 12.1 Å². The van der Waals surface area contributed by atoms with Crippen LogP contribution in [0.3, 0.4) is 0 Å². The Bertz CT molecular complexity index is 348. The summed E-state index contributed by atoms with van der Waals surface area (Å²) in [6.45, 7) is 4.02. The van der Waals surface area contributed by atoms with Crippen molar-refractivity contribution in [3.63, 3.8) is 0 Å². The van der Waals surface area contributed by atoms with E-state index < -0.39 is 0 Å². The fourth-order valence-corrected chi connectivity index (χ4v) is 2.14. The average molecular weight is 235 g/mol. The third-order valence-electron chi connectivity index (χ3n) is 3.27. The van der Waals surface area contributed by atoms with E-state index in [9.17, 15) is 0 Å². The molecule has 3 nitrogen and oxygen atoms in total. The van der Waals surface area contributed by atoms with Crippen molar-refractivity contribution in [1.29, 1.82) is 0 Å². The predicted molar refractivity (Wildman–Crippen MR) is 68.4 cm³/mol. The second-order valence-corrected chi connectivity index (χ2v) is 4.54. The fourth-order valence-electron chi connectivity index (χ4n) is 2.14. The predicted octanol–water partition coefficient (Wildman–Crippen LogP) is 2.52. The number of rotatable bonds is 5. The lowest BCUT2D eigenvalue weighted by molar-refractivity contribution is 0.108. The molecule has 0 aromatic heterocycles. The van der Waals surface area contributed by atoms with Crippen molar-refractivity contribution >= 4 is 0 Å². The highest BCUT2D eigenvalue weighted by atomic mass is 16.5. The largest absolute Gasteiger partial charge is 0.497 e. The van der Waals surface area contributed by atoms with Gasteiger partial charge in [-0.25, -0.2) is 0 Å². The molecule has 1 heterocycles. The Kier molecular flexibility index (Phi) is 4.40. The van der Waals surface area contributed by atoms with Crippen molar-refractivity contribution in [1.82, 2.24) is 5.32 Å². The van der Waals surface area contributed by atoms with Crippen LogP contribution in [0.25, 0.3) is 0 Å². The van der Waals surface area contributed by atoms with Gasteiger partial charge in [-0.15, -0.1) is 0 Å². The molecular formula is C14H21NO2. The zero-order chi connectivity index (χ0) is 12.1. The molecule has 1 N–H and O–H groups in total. The average Bonchev–Trinajstić information content (AvgIpc) is 2.89. The van der Waals surface area contributed by atoms with Crippen LogP contribution >= 0.6 is 0 Å². The minimum Gasteiger partial charge on any atom is -0.497 e. The van der Waals surface area contributed by atoms with Crippen molar-refractivity contribution in [2.24, 2.45) is 0 Å². The highest BCUT2D eigenvalue weighted by molar-refractivity contribution is 5.30. The summed E-state index contributed by atoms with van der Waals surface area (Å²) in [5.74, 6) is 0.910. The summed E-state index contributed by atoms with van der Waals surface area (Å²) >= 11 is 0. The second-order valence-electron chi connectivity index (χ2n) is 4.54. The molecular weight excluding hydrogens is 214 g/mol. The van der Waals surface area contributed by atoms with Crippen LogP contribution in [0.5, 0.6) is 5.75 Å². The summed E-state index contributed by atoms with van der Waals surface area (Å²) in [4.78, 5) is 0. The van der Waals surface area contributed by atoms with E-state index in [1.165, 1.54) is 18.4 Å². The fraction of sp³-hybridized carbons (Fsp3) is 0.571. The molecule has 1 aliphatic rings. The molecule has 1 saturated heterocycles. The van der Waals surface area contributed by atoms with Crippen LogP contribution in [0.4, 0.5) is 0 Å². The molecule has 1 fully saturated rings. The SMILES string of the molecule is COc1cccc([C@H](C)NCC2CCCO2)c1. The normalized spacial score (nSPS) is 21.4. The van der Waals surface area contributed by atoms with E-state index in [-0.39, 0.29) is 0 Å². The van der Waals surface area contributed by atoms with Crippen molar-refractivity contribution in [2.75, 3.05) is 20.3 Å². The molecule has 3 heteroatoms. The van der Waals surface area contributed by atoms with Crippen LogP contribution in [-0.4, -0.2) is 26.4 Å². The Morgan fingerprint density at radius 3 is 3.12 bits per heavy atom. The van der Waals surface area contributed by atoms with Gasteiger partial charge in [0.2, 0.25) is 0 Å².